The average molecular weight is 837 g/mol. The lowest BCUT2D eigenvalue weighted by Crippen LogP contribution is -2.34. The fraction of sp³-hybridized carbons (Fsp3) is 0.429. The number of thiophene rings is 2. The summed E-state index contributed by atoms with van der Waals surface area (Å²) in [6.45, 7) is 14.4. The van der Waals surface area contributed by atoms with E-state index < -0.39 is 0 Å². The second-order valence-electron chi connectivity index (χ2n) is 14.0. The fourth-order valence-electron chi connectivity index (χ4n) is 7.36. The zero-order chi connectivity index (χ0) is 35.7. The molecule has 0 aliphatic carbocycles. The van der Waals surface area contributed by atoms with E-state index in [0.717, 1.165) is 102 Å². The standard InChI is InChI=1S/C42H48Br2N2O2S2/c1-7-11-13-27(9-3)23-45-33-21-29(35-19-25(5)39(43)49-35)15-17-31(33)37(41(45)47)38-32-18-16-30(36-20-26(6)40(44)50-36)22-34(32)46(42(38)48)24-28(10-4)14-12-8-2/h15-22,27-28H,7-14,23-24H2,1-6H3/b38-37+. The molecule has 2 aliphatic heterocycles. The molecule has 0 N–H and O–H groups in total. The summed E-state index contributed by atoms with van der Waals surface area (Å²) in [5.41, 5.74) is 9.28. The summed E-state index contributed by atoms with van der Waals surface area (Å²) >= 11 is 10.8. The molecule has 50 heavy (non-hydrogen) atoms. The molecule has 4 heterocycles. The van der Waals surface area contributed by atoms with Gasteiger partial charge >= 0.3 is 0 Å². The molecule has 0 fully saturated rings. The van der Waals surface area contributed by atoms with Crippen molar-refractivity contribution >= 4 is 88.9 Å². The quantitative estimate of drug-likeness (QED) is 0.119. The number of rotatable bonds is 14. The topological polar surface area (TPSA) is 40.6 Å². The summed E-state index contributed by atoms with van der Waals surface area (Å²) in [6.07, 6.45) is 8.74. The second kappa shape index (κ2) is 16.0. The maximum Gasteiger partial charge on any atom is 0.259 e. The first-order valence-corrected chi connectivity index (χ1v) is 21.5. The maximum atomic E-state index is 14.9. The van der Waals surface area contributed by atoms with Gasteiger partial charge in [0, 0.05) is 34.0 Å². The van der Waals surface area contributed by atoms with E-state index in [9.17, 15) is 9.59 Å². The Hall–Kier alpha value is -2.52. The van der Waals surface area contributed by atoms with Crippen molar-refractivity contribution in [3.8, 4) is 20.9 Å². The van der Waals surface area contributed by atoms with E-state index in [2.05, 4.69) is 122 Å². The van der Waals surface area contributed by atoms with Crippen LogP contribution in [0.2, 0.25) is 0 Å². The number of fused-ring (bicyclic) bond motifs is 2. The first-order chi connectivity index (χ1) is 24.1. The minimum Gasteiger partial charge on any atom is -0.307 e. The minimum absolute atomic E-state index is 0.0493. The van der Waals surface area contributed by atoms with Crippen molar-refractivity contribution in [3.63, 3.8) is 0 Å². The van der Waals surface area contributed by atoms with Gasteiger partial charge in [0.15, 0.2) is 0 Å². The molecule has 8 heteroatoms. The third-order valence-electron chi connectivity index (χ3n) is 10.5. The number of unbranched alkanes of at least 4 members (excludes halogenated alkanes) is 2. The number of hydrogen-bond acceptors (Lipinski definition) is 4. The Morgan fingerprint density at radius 1 is 0.620 bits per heavy atom. The van der Waals surface area contributed by atoms with Gasteiger partial charge in [-0.1, -0.05) is 90.5 Å². The Morgan fingerprint density at radius 3 is 1.34 bits per heavy atom. The molecule has 264 valence electrons. The highest BCUT2D eigenvalue weighted by atomic mass is 79.9. The molecule has 0 radical (unpaired) electrons. The lowest BCUT2D eigenvalue weighted by Gasteiger charge is -2.24. The summed E-state index contributed by atoms with van der Waals surface area (Å²) in [5, 5.41) is 0. The molecular formula is C42H48Br2N2O2S2. The van der Waals surface area contributed by atoms with Gasteiger partial charge in [0.2, 0.25) is 0 Å². The van der Waals surface area contributed by atoms with Gasteiger partial charge in [-0.25, -0.2) is 0 Å². The number of anilines is 2. The van der Waals surface area contributed by atoms with Crippen LogP contribution >= 0.6 is 54.5 Å². The lowest BCUT2D eigenvalue weighted by atomic mass is 9.95. The van der Waals surface area contributed by atoms with Crippen LogP contribution in [-0.2, 0) is 9.59 Å². The van der Waals surface area contributed by atoms with Crippen LogP contribution in [0.15, 0.2) is 56.1 Å². The molecule has 0 saturated carbocycles. The van der Waals surface area contributed by atoms with E-state index in [1.807, 2.05) is 9.80 Å². The molecule has 2 aromatic heterocycles. The monoisotopic (exact) mass is 834 g/mol. The predicted molar refractivity (Wildman–Crippen MR) is 223 cm³/mol. The highest BCUT2D eigenvalue weighted by Crippen LogP contribution is 2.50. The van der Waals surface area contributed by atoms with Crippen LogP contribution in [0, 0.1) is 25.7 Å². The van der Waals surface area contributed by atoms with Crippen molar-refractivity contribution in [2.45, 2.75) is 92.9 Å². The van der Waals surface area contributed by atoms with Crippen LogP contribution in [-0.4, -0.2) is 24.9 Å². The summed E-state index contributed by atoms with van der Waals surface area (Å²) < 4.78 is 2.24. The van der Waals surface area contributed by atoms with E-state index in [-0.39, 0.29) is 11.8 Å². The van der Waals surface area contributed by atoms with Gasteiger partial charge in [-0.15, -0.1) is 22.7 Å². The number of benzene rings is 2. The highest BCUT2D eigenvalue weighted by molar-refractivity contribution is 9.11. The van der Waals surface area contributed by atoms with Crippen molar-refractivity contribution in [1.29, 1.82) is 0 Å². The van der Waals surface area contributed by atoms with E-state index in [1.54, 1.807) is 22.7 Å². The SMILES string of the molecule is CCCCC(CC)CN1C(=O)/C(=C2/C(=O)N(CC(CC)CCCC)c3cc(-c4cc(C)c(Br)s4)ccc32)c2ccc(-c3cc(C)c(Br)s3)cc21. The number of amides is 2. The Balaban J connectivity index is 1.52. The largest absolute Gasteiger partial charge is 0.307 e. The molecule has 0 saturated heterocycles. The highest BCUT2D eigenvalue weighted by Gasteiger charge is 2.43. The minimum atomic E-state index is -0.0493. The summed E-state index contributed by atoms with van der Waals surface area (Å²) in [4.78, 5) is 36.1. The number of hydrogen-bond donors (Lipinski definition) is 0. The van der Waals surface area contributed by atoms with Gasteiger partial charge in [0.25, 0.3) is 11.8 Å². The first kappa shape index (κ1) is 37.2. The van der Waals surface area contributed by atoms with Crippen molar-refractivity contribution in [2.24, 2.45) is 11.8 Å². The molecular weight excluding hydrogens is 788 g/mol. The van der Waals surface area contributed by atoms with Gasteiger partial charge in [0.1, 0.15) is 0 Å². The number of carbonyl (C=O) groups excluding carboxylic acids is 2. The van der Waals surface area contributed by atoms with Crippen LogP contribution in [0.3, 0.4) is 0 Å². The van der Waals surface area contributed by atoms with Crippen molar-refractivity contribution in [1.82, 2.24) is 0 Å². The molecule has 2 atom stereocenters. The lowest BCUT2D eigenvalue weighted by molar-refractivity contribution is -0.114. The zero-order valence-electron chi connectivity index (χ0n) is 30.1. The molecule has 4 aromatic rings. The van der Waals surface area contributed by atoms with Crippen molar-refractivity contribution in [3.05, 3.63) is 78.4 Å². The fourth-order valence-corrected chi connectivity index (χ4v) is 10.4. The van der Waals surface area contributed by atoms with Gasteiger partial charge in [-0.3, -0.25) is 9.59 Å². The van der Waals surface area contributed by atoms with Crippen molar-refractivity contribution in [2.75, 3.05) is 22.9 Å². The number of nitrogens with zero attached hydrogens (tertiary/aromatic N) is 2. The second-order valence-corrected chi connectivity index (χ2v) is 18.8. The first-order valence-electron chi connectivity index (χ1n) is 18.3. The van der Waals surface area contributed by atoms with Crippen LogP contribution in [0.5, 0.6) is 0 Å². The normalized spacial score (nSPS) is 16.8. The number of aryl methyl sites for hydroxylation is 2. The Labute approximate surface area is 323 Å². The average Bonchev–Trinajstić information content (AvgIpc) is 3.80. The summed E-state index contributed by atoms with van der Waals surface area (Å²) in [6, 6.07) is 17.2. The van der Waals surface area contributed by atoms with E-state index in [4.69, 9.17) is 0 Å². The third kappa shape index (κ3) is 7.24. The Kier molecular flexibility index (Phi) is 11.9. The van der Waals surface area contributed by atoms with Gasteiger partial charge in [0.05, 0.1) is 30.1 Å². The van der Waals surface area contributed by atoms with Crippen LogP contribution in [0.4, 0.5) is 11.4 Å². The molecule has 2 amide bonds. The maximum absolute atomic E-state index is 14.9. The zero-order valence-corrected chi connectivity index (χ0v) is 34.9. The smallest absolute Gasteiger partial charge is 0.259 e. The van der Waals surface area contributed by atoms with Crippen LogP contribution < -0.4 is 9.80 Å². The van der Waals surface area contributed by atoms with Crippen LogP contribution in [0.25, 0.3) is 32.0 Å². The van der Waals surface area contributed by atoms with Gasteiger partial charge in [-0.05, 0) is 117 Å². The molecule has 0 bridgehead atoms. The number of halogens is 2. The molecule has 2 aromatic carbocycles. The van der Waals surface area contributed by atoms with Gasteiger partial charge in [-0.2, -0.15) is 0 Å². The molecule has 6 rings (SSSR count). The van der Waals surface area contributed by atoms with Crippen molar-refractivity contribution < 1.29 is 9.59 Å². The van der Waals surface area contributed by atoms with E-state index in [1.165, 1.54) is 11.1 Å². The number of carbonyl (C=O) groups is 2. The molecule has 4 nitrogen and oxygen atoms in total. The van der Waals surface area contributed by atoms with E-state index in [0.29, 0.717) is 36.1 Å². The third-order valence-corrected chi connectivity index (χ3v) is 14.9. The summed E-state index contributed by atoms with van der Waals surface area (Å²) in [7, 11) is 0. The molecule has 0 spiro atoms. The summed E-state index contributed by atoms with van der Waals surface area (Å²) in [5.74, 6) is 0.681. The van der Waals surface area contributed by atoms with Gasteiger partial charge < -0.3 is 9.80 Å². The molecule has 2 unspecified atom stereocenters. The predicted octanol–water partition coefficient (Wildman–Crippen LogP) is 13.3. The molecule has 2 aliphatic rings. The van der Waals surface area contributed by atoms with Crippen LogP contribution in [0.1, 0.15) is 101 Å². The Bertz CT molecular complexity index is 1760. The Morgan fingerprint density at radius 2 is 1.02 bits per heavy atom. The van der Waals surface area contributed by atoms with E-state index >= 15 is 0 Å².